The fourth-order valence-electron chi connectivity index (χ4n) is 10.6. The van der Waals surface area contributed by atoms with E-state index in [1.54, 1.807) is 58.2 Å². The Bertz CT molecular complexity index is 3700. The summed E-state index contributed by atoms with van der Waals surface area (Å²) in [6.07, 6.45) is 3.93. The Hall–Kier alpha value is -10.8. The van der Waals surface area contributed by atoms with E-state index in [0.29, 0.717) is 34.3 Å². The molecule has 40 heteroatoms. The first-order chi connectivity index (χ1) is 49.2. The highest BCUT2D eigenvalue weighted by Crippen LogP contribution is 2.25. The quantitative estimate of drug-likeness (QED) is 0.0143. The number of imidazole rings is 2. The topological polar surface area (TPSA) is 610 Å². The third-order valence-corrected chi connectivity index (χ3v) is 18.9. The average molecular weight is 1490 g/mol. The van der Waals surface area contributed by atoms with E-state index in [1.807, 2.05) is 0 Å². The number of carbonyl (C=O) groups excluding carboxylic acids is 14. The maximum absolute atomic E-state index is 14.7. The van der Waals surface area contributed by atoms with Gasteiger partial charge in [0.2, 0.25) is 82.7 Å². The van der Waals surface area contributed by atoms with Gasteiger partial charge in [-0.2, -0.15) is 0 Å². The van der Waals surface area contributed by atoms with Crippen LogP contribution in [0.3, 0.4) is 0 Å². The second-order valence-corrected chi connectivity index (χ2v) is 28.0. The summed E-state index contributed by atoms with van der Waals surface area (Å²) >= 11 is 0. The lowest BCUT2D eigenvalue weighted by Crippen LogP contribution is -2.62. The number of fused-ring (bicyclic) bond motifs is 1. The van der Waals surface area contributed by atoms with Crippen molar-refractivity contribution < 1.29 is 77.0 Å². The SMILES string of the molecule is CC[C@H](C)[C@H](NC(C)=O)C(=O)N[C@H]1CSSC[C@@H](C(N)=O)NC(=O)[C@H](CCCN=C(N)N)NC(=O)[C@H](Cc2cnc[nH]2)NC(=O)[C@H](Cc2cnc[nH]2)NC(=O)CNC(=O)[C@H](Cc2c[nH]c3ccccc23)NC(=O)[C@H](CC(=O)O)NC(=O)[C@@H](CCC(N)=O)NC(=O)[C@H](C(C)C)NC(=O)[C@H](C(C)C)NC1=O. The Labute approximate surface area is 605 Å². The van der Waals surface area contributed by atoms with Gasteiger partial charge in [-0.1, -0.05) is 87.8 Å². The monoisotopic (exact) mass is 1490 g/mol. The number of aromatic nitrogens is 5. The van der Waals surface area contributed by atoms with Crippen molar-refractivity contribution in [2.24, 2.45) is 45.7 Å². The molecule has 0 bridgehead atoms. The number of primary amides is 2. The van der Waals surface area contributed by atoms with Gasteiger partial charge in [0.05, 0.1) is 25.6 Å². The van der Waals surface area contributed by atoms with E-state index < -0.39 is 199 Å². The van der Waals surface area contributed by atoms with Crippen LogP contribution >= 0.6 is 21.6 Å². The molecule has 24 N–H and O–H groups in total. The van der Waals surface area contributed by atoms with Crippen molar-refractivity contribution in [2.75, 3.05) is 24.6 Å². The van der Waals surface area contributed by atoms with E-state index >= 15 is 0 Å². The highest BCUT2D eigenvalue weighted by atomic mass is 33.1. The molecular formula is C64H94N22O16S2. The number of aliphatic carboxylic acids is 1. The number of nitrogens with zero attached hydrogens (tertiary/aromatic N) is 3. The molecule has 3 aromatic heterocycles. The first-order valence-corrected chi connectivity index (χ1v) is 35.9. The number of guanidine groups is 1. The van der Waals surface area contributed by atoms with Crippen molar-refractivity contribution in [3.63, 3.8) is 0 Å². The molecule has 4 heterocycles. The molecule has 1 aromatic carbocycles. The number of para-hydroxylation sites is 1. The number of hydrogen-bond acceptors (Lipinski definition) is 20. The van der Waals surface area contributed by atoms with Crippen LogP contribution in [-0.4, -0.2) is 216 Å². The molecule has 0 unspecified atom stereocenters. The molecule has 568 valence electrons. The van der Waals surface area contributed by atoms with Crippen LogP contribution in [0, 0.1) is 17.8 Å². The summed E-state index contributed by atoms with van der Waals surface area (Å²) in [5, 5.41) is 41.2. The van der Waals surface area contributed by atoms with Crippen LogP contribution in [0.1, 0.15) is 104 Å². The van der Waals surface area contributed by atoms with Gasteiger partial charge in [-0.3, -0.25) is 76.9 Å². The zero-order valence-corrected chi connectivity index (χ0v) is 60.1. The lowest BCUT2D eigenvalue weighted by Gasteiger charge is -2.30. The van der Waals surface area contributed by atoms with Crippen molar-refractivity contribution in [3.05, 3.63) is 72.5 Å². The molecule has 1 aliphatic rings. The summed E-state index contributed by atoms with van der Waals surface area (Å²) in [5.74, 6) is -18.3. The minimum absolute atomic E-state index is 0.0443. The van der Waals surface area contributed by atoms with E-state index in [2.05, 4.69) is 93.7 Å². The minimum atomic E-state index is -2.03. The highest BCUT2D eigenvalue weighted by Gasteiger charge is 2.39. The van der Waals surface area contributed by atoms with Crippen LogP contribution in [0.25, 0.3) is 10.9 Å². The summed E-state index contributed by atoms with van der Waals surface area (Å²) in [6.45, 7) is 9.88. The summed E-state index contributed by atoms with van der Waals surface area (Å²) in [5.41, 5.74) is 24.2. The molecule has 0 saturated carbocycles. The summed E-state index contributed by atoms with van der Waals surface area (Å²) < 4.78 is 0. The zero-order chi connectivity index (χ0) is 76.9. The predicted octanol–water partition coefficient (Wildman–Crippen LogP) is -4.86. The fourth-order valence-corrected chi connectivity index (χ4v) is 13.0. The van der Waals surface area contributed by atoms with E-state index in [0.717, 1.165) is 21.6 Å². The molecule has 0 spiro atoms. The Kier molecular flexibility index (Phi) is 33.3. The number of carboxylic acid groups (broad SMARTS) is 1. The Balaban J connectivity index is 1.62. The van der Waals surface area contributed by atoms with Gasteiger partial charge in [-0.05, 0) is 48.6 Å². The molecule has 104 heavy (non-hydrogen) atoms. The molecular weight excluding hydrogens is 1400 g/mol. The standard InChI is InChI=1S/C64H94N22O16S2/c1-8-32(6)52(76-33(7)87)63(102)84-46-27-104-103-26-45(53(66)92)83-55(94)39(14-11-17-71-64(67)68)78-58(97)43(20-36-24-70-29-75-36)81-57(96)42(19-35-23-69-28-74-35)77-48(89)25-73-54(93)41(18-34-22-72-38-13-10-9-12-37(34)38)80-59(98)44(21-49(90)91)82-56(95)40(15-16-47(65)88)79-61(100)50(30(2)3)86-62(101)51(31(4)5)85-60(46)99/h9-10,12-13,22-24,28-32,39-46,50-52,72H,8,11,14-21,25-27H2,1-7H3,(H2,65,88)(H2,66,92)(H,69,74)(H,70,75)(H,73,93)(H,76,87)(H,77,89)(H,78,97)(H,79,100)(H,80,98)(H,81,96)(H,82,95)(H,83,94)(H,84,102)(H,85,99)(H,86,101)(H,90,91)(H4,67,68,71)/t32-,39-,40+,41-,42-,43-,44-,45-,46-,50-,51-,52-/m0/s1. The number of carboxylic acids is 1. The number of amides is 14. The number of carbonyl (C=O) groups is 15. The fraction of sp³-hybridized carbons (Fsp3) is 0.531. The van der Waals surface area contributed by atoms with Gasteiger partial charge in [0.15, 0.2) is 5.96 Å². The molecule has 12 atom stereocenters. The van der Waals surface area contributed by atoms with Crippen LogP contribution in [0.2, 0.25) is 0 Å². The number of rotatable bonds is 23. The molecule has 5 rings (SSSR count). The van der Waals surface area contributed by atoms with Crippen molar-refractivity contribution in [1.29, 1.82) is 0 Å². The molecule has 0 aliphatic carbocycles. The van der Waals surface area contributed by atoms with Crippen LogP contribution in [0.4, 0.5) is 0 Å². The van der Waals surface area contributed by atoms with Crippen molar-refractivity contribution in [1.82, 2.24) is 88.7 Å². The van der Waals surface area contributed by atoms with E-state index in [4.69, 9.17) is 22.9 Å². The number of H-pyrrole nitrogens is 3. The minimum Gasteiger partial charge on any atom is -0.481 e. The molecule has 4 aromatic rings. The largest absolute Gasteiger partial charge is 0.481 e. The van der Waals surface area contributed by atoms with Gasteiger partial charge >= 0.3 is 5.97 Å². The van der Waals surface area contributed by atoms with Crippen LogP contribution in [0.15, 0.2) is 60.5 Å². The van der Waals surface area contributed by atoms with E-state index in [-0.39, 0.29) is 56.1 Å². The van der Waals surface area contributed by atoms with Crippen LogP contribution < -0.4 is 86.7 Å². The van der Waals surface area contributed by atoms with Gasteiger partial charge in [-0.25, -0.2) is 9.97 Å². The lowest BCUT2D eigenvalue weighted by molar-refractivity contribution is -0.141. The number of nitrogens with one attached hydrogen (secondary N) is 15. The average Bonchev–Trinajstić information content (AvgIpc) is 1.64. The second kappa shape index (κ2) is 41.3. The zero-order valence-electron chi connectivity index (χ0n) is 58.5. The predicted molar refractivity (Wildman–Crippen MR) is 380 cm³/mol. The molecule has 14 amide bonds. The van der Waals surface area contributed by atoms with Crippen LogP contribution in [-0.2, 0) is 91.2 Å². The maximum Gasteiger partial charge on any atom is 0.305 e. The number of benzene rings is 1. The molecule has 1 fully saturated rings. The summed E-state index contributed by atoms with van der Waals surface area (Å²) in [6, 6.07) is -10.4. The first-order valence-electron chi connectivity index (χ1n) is 33.4. The second-order valence-electron chi connectivity index (χ2n) is 25.4. The number of nitrogens with two attached hydrogens (primary N) is 4. The smallest absolute Gasteiger partial charge is 0.305 e. The molecule has 1 aliphatic heterocycles. The molecule has 0 radical (unpaired) electrons. The van der Waals surface area contributed by atoms with Crippen molar-refractivity contribution in [2.45, 2.75) is 173 Å². The number of aliphatic imine (C=N–C) groups is 1. The Morgan fingerprint density at radius 3 is 1.69 bits per heavy atom. The van der Waals surface area contributed by atoms with Gasteiger partial charge in [0.25, 0.3) is 0 Å². The first kappa shape index (κ1) is 83.9. The third-order valence-electron chi connectivity index (χ3n) is 16.5. The van der Waals surface area contributed by atoms with Gasteiger partial charge in [-0.15, -0.1) is 0 Å². The Morgan fingerprint density at radius 1 is 0.615 bits per heavy atom. The van der Waals surface area contributed by atoms with E-state index in [1.165, 1.54) is 45.8 Å². The third kappa shape index (κ3) is 27.2. The molecule has 1 saturated heterocycles. The van der Waals surface area contributed by atoms with Crippen molar-refractivity contribution >= 4 is 127 Å². The van der Waals surface area contributed by atoms with Gasteiger partial charge in [0, 0.05) is 91.5 Å². The number of aromatic amines is 3. The maximum atomic E-state index is 14.7. The lowest BCUT2D eigenvalue weighted by atomic mass is 9.97. The Morgan fingerprint density at radius 2 is 1.13 bits per heavy atom. The highest BCUT2D eigenvalue weighted by molar-refractivity contribution is 8.76. The van der Waals surface area contributed by atoms with Crippen molar-refractivity contribution in [3.8, 4) is 0 Å². The van der Waals surface area contributed by atoms with Crippen LogP contribution in [0.5, 0.6) is 0 Å². The summed E-state index contributed by atoms with van der Waals surface area (Å²) in [7, 11) is 1.82. The van der Waals surface area contributed by atoms with E-state index in [9.17, 15) is 77.0 Å². The summed E-state index contributed by atoms with van der Waals surface area (Å²) in [4.78, 5) is 230. The van der Waals surface area contributed by atoms with Gasteiger partial charge < -0.3 is 107 Å². The number of hydrogen-bond donors (Lipinski definition) is 20. The van der Waals surface area contributed by atoms with Gasteiger partial charge in [0.1, 0.15) is 66.5 Å². The molecule has 38 nitrogen and oxygen atoms in total. The normalized spacial score (nSPS) is 23.0.